The van der Waals surface area contributed by atoms with Crippen molar-refractivity contribution in [1.82, 2.24) is 0 Å². The monoisotopic (exact) mass is 466 g/mol. The number of carbonyl (C=O) groups is 1. The first-order valence-electron chi connectivity index (χ1n) is 11.5. The van der Waals surface area contributed by atoms with E-state index in [4.69, 9.17) is 25.5 Å². The van der Waals surface area contributed by atoms with Crippen LogP contribution in [0.5, 0.6) is 5.75 Å². The lowest BCUT2D eigenvalue weighted by Gasteiger charge is -2.10. The normalized spacial score (nSPS) is 12.5. The molecule has 33 heavy (non-hydrogen) atoms. The predicted molar refractivity (Wildman–Crippen MR) is 137 cm³/mol. The van der Waals surface area contributed by atoms with Gasteiger partial charge >= 0.3 is 5.97 Å². The second-order valence-electron chi connectivity index (χ2n) is 7.21. The van der Waals surface area contributed by atoms with E-state index in [1.54, 1.807) is 13.2 Å². The van der Waals surface area contributed by atoms with E-state index in [2.05, 4.69) is 20.0 Å². The first-order valence-corrected chi connectivity index (χ1v) is 11.8. The second-order valence-corrected chi connectivity index (χ2v) is 7.64. The lowest BCUT2D eigenvalue weighted by atomic mass is 10.1. The van der Waals surface area contributed by atoms with Crippen LogP contribution < -0.4 is 4.74 Å². The molecule has 4 nitrogen and oxygen atoms in total. The number of esters is 1. The Morgan fingerprint density at radius 3 is 2.61 bits per heavy atom. The van der Waals surface area contributed by atoms with Gasteiger partial charge in [-0.2, -0.15) is 0 Å². The van der Waals surface area contributed by atoms with E-state index in [1.165, 1.54) is 19.7 Å². The Bertz CT molecular complexity index is 1050. The molecule has 0 spiro atoms. The highest BCUT2D eigenvalue weighted by Crippen LogP contribution is 2.34. The van der Waals surface area contributed by atoms with Gasteiger partial charge < -0.3 is 13.9 Å². The quantitative estimate of drug-likeness (QED) is 0.256. The number of furan rings is 1. The summed E-state index contributed by atoms with van der Waals surface area (Å²) >= 11 is 6.35. The SMILES string of the molecule is CC.CCOC(=O)Cc1ccccc1OCc1coc2c(/C=C/C3CC3)cc(Cl)cc12.[B]C. The van der Waals surface area contributed by atoms with E-state index in [0.717, 1.165) is 27.7 Å². The fourth-order valence-electron chi connectivity index (χ4n) is 3.26. The van der Waals surface area contributed by atoms with Gasteiger partial charge in [-0.05, 0) is 43.9 Å². The molecule has 0 N–H and O–H groups in total. The molecule has 174 valence electrons. The lowest BCUT2D eigenvalue weighted by Crippen LogP contribution is -2.09. The average Bonchev–Trinajstić information content (AvgIpc) is 3.58. The van der Waals surface area contributed by atoms with Crippen LogP contribution in [0, 0.1) is 5.92 Å². The standard InChI is InChI=1S/C24H23ClO4.C2H6.CH3B/c1-2-27-23(26)12-17-5-3-4-6-22(17)28-14-19-15-29-24-18(10-9-16-7-8-16)11-20(25)13-21(19)24;2*1-2/h3-6,9-11,13,15-16H,2,7-8,12,14H2,1H3;1-2H3;1H3/b10-9+;;. The minimum absolute atomic E-state index is 0.179. The molecule has 0 bridgehead atoms. The largest absolute Gasteiger partial charge is 0.488 e. The smallest absolute Gasteiger partial charge is 0.310 e. The Balaban J connectivity index is 0.000000914. The van der Waals surface area contributed by atoms with Crippen LogP contribution in [0.25, 0.3) is 17.0 Å². The Morgan fingerprint density at radius 1 is 1.18 bits per heavy atom. The number of fused-ring (bicyclic) bond motifs is 1. The van der Waals surface area contributed by atoms with E-state index < -0.39 is 0 Å². The third-order valence-corrected chi connectivity index (χ3v) is 5.13. The fraction of sp³-hybridized carbons (Fsp3) is 0.370. The molecule has 3 aromatic rings. The van der Waals surface area contributed by atoms with Crippen molar-refractivity contribution < 1.29 is 18.7 Å². The minimum atomic E-state index is -0.267. The van der Waals surface area contributed by atoms with Crippen LogP contribution in [0.15, 0.2) is 53.2 Å². The van der Waals surface area contributed by atoms with E-state index >= 15 is 0 Å². The molecule has 0 atom stereocenters. The summed E-state index contributed by atoms with van der Waals surface area (Å²) in [6, 6.07) is 11.3. The number of rotatable bonds is 8. The van der Waals surface area contributed by atoms with E-state index in [1.807, 2.05) is 50.2 Å². The lowest BCUT2D eigenvalue weighted by molar-refractivity contribution is -0.142. The van der Waals surface area contributed by atoms with Crippen molar-refractivity contribution in [2.75, 3.05) is 6.61 Å². The molecule has 2 aromatic carbocycles. The first kappa shape index (κ1) is 26.6. The zero-order valence-electron chi connectivity index (χ0n) is 19.9. The molecular formula is C27H32BClO4. The van der Waals surface area contributed by atoms with Gasteiger partial charge in [-0.1, -0.05) is 62.6 Å². The third-order valence-electron chi connectivity index (χ3n) is 4.91. The Hall–Kier alpha value is -2.66. The van der Waals surface area contributed by atoms with Crippen molar-refractivity contribution in [1.29, 1.82) is 0 Å². The molecule has 1 fully saturated rings. The summed E-state index contributed by atoms with van der Waals surface area (Å²) in [5.74, 6) is 1.07. The second kappa shape index (κ2) is 13.8. The number of hydrogen-bond donors (Lipinski definition) is 0. The van der Waals surface area contributed by atoms with Gasteiger partial charge in [0.25, 0.3) is 0 Å². The topological polar surface area (TPSA) is 48.7 Å². The third kappa shape index (κ3) is 7.71. The van der Waals surface area contributed by atoms with Crippen LogP contribution in [0.4, 0.5) is 0 Å². The van der Waals surface area contributed by atoms with Gasteiger partial charge in [0.2, 0.25) is 0 Å². The number of para-hydroxylation sites is 1. The van der Waals surface area contributed by atoms with Gasteiger partial charge in [-0.3, -0.25) is 4.79 Å². The van der Waals surface area contributed by atoms with E-state index in [9.17, 15) is 4.79 Å². The Morgan fingerprint density at radius 2 is 1.91 bits per heavy atom. The minimum Gasteiger partial charge on any atom is -0.488 e. The summed E-state index contributed by atoms with van der Waals surface area (Å²) in [7, 11) is 4.50. The maximum absolute atomic E-state index is 11.8. The number of hydrogen-bond acceptors (Lipinski definition) is 4. The van der Waals surface area contributed by atoms with Crippen molar-refractivity contribution in [3.63, 3.8) is 0 Å². The van der Waals surface area contributed by atoms with Gasteiger partial charge in [0.1, 0.15) is 17.9 Å². The fourth-order valence-corrected chi connectivity index (χ4v) is 3.48. The Kier molecular flexibility index (Phi) is 11.1. The number of ether oxygens (including phenoxy) is 2. The van der Waals surface area contributed by atoms with E-state index in [-0.39, 0.29) is 12.4 Å². The van der Waals surface area contributed by atoms with Crippen molar-refractivity contribution in [2.24, 2.45) is 5.92 Å². The van der Waals surface area contributed by atoms with Crippen LogP contribution in [-0.4, -0.2) is 20.4 Å². The van der Waals surface area contributed by atoms with Crippen LogP contribution >= 0.6 is 11.6 Å². The summed E-state index contributed by atoms with van der Waals surface area (Å²) in [6.45, 7) is 7.98. The molecule has 6 heteroatoms. The molecule has 2 radical (unpaired) electrons. The molecular weight excluding hydrogens is 435 g/mol. The van der Waals surface area contributed by atoms with Gasteiger partial charge in [0.05, 0.1) is 27.1 Å². The van der Waals surface area contributed by atoms with E-state index in [0.29, 0.717) is 29.9 Å². The van der Waals surface area contributed by atoms with Crippen LogP contribution in [0.1, 0.15) is 50.3 Å². The van der Waals surface area contributed by atoms with Crippen LogP contribution in [0.3, 0.4) is 0 Å². The average molecular weight is 467 g/mol. The molecule has 0 unspecified atom stereocenters. The summed E-state index contributed by atoms with van der Waals surface area (Å²) in [5.41, 5.74) is 3.50. The van der Waals surface area contributed by atoms with Gasteiger partial charge in [-0.25, -0.2) is 0 Å². The molecule has 1 aromatic heterocycles. The molecule has 0 saturated heterocycles. The summed E-state index contributed by atoms with van der Waals surface area (Å²) < 4.78 is 16.9. The summed E-state index contributed by atoms with van der Waals surface area (Å²) in [4.78, 5) is 11.8. The first-order chi connectivity index (χ1) is 16.1. The highest BCUT2D eigenvalue weighted by atomic mass is 35.5. The molecule has 0 amide bonds. The number of benzene rings is 2. The van der Waals surface area contributed by atoms with Crippen molar-refractivity contribution >= 4 is 42.5 Å². The number of carbonyl (C=O) groups excluding carboxylic acids is 1. The molecule has 4 rings (SSSR count). The van der Waals surface area contributed by atoms with Crippen LogP contribution in [-0.2, 0) is 22.6 Å². The summed E-state index contributed by atoms with van der Waals surface area (Å²) in [6.07, 6.45) is 8.71. The summed E-state index contributed by atoms with van der Waals surface area (Å²) in [5, 5.41) is 1.61. The number of allylic oxidation sites excluding steroid dienone is 1. The van der Waals surface area contributed by atoms with Crippen molar-refractivity contribution in [3.05, 3.63) is 70.5 Å². The van der Waals surface area contributed by atoms with Gasteiger partial charge in [0.15, 0.2) is 0 Å². The highest BCUT2D eigenvalue weighted by Gasteiger charge is 2.18. The zero-order valence-corrected chi connectivity index (χ0v) is 20.7. The highest BCUT2D eigenvalue weighted by molar-refractivity contribution is 6.31. The Labute approximate surface area is 203 Å². The number of halogens is 1. The molecule has 0 aliphatic heterocycles. The molecule has 1 heterocycles. The predicted octanol–water partition coefficient (Wildman–Crippen LogP) is 7.42. The molecule has 1 saturated carbocycles. The van der Waals surface area contributed by atoms with Crippen LogP contribution in [0.2, 0.25) is 11.8 Å². The van der Waals surface area contributed by atoms with Gasteiger partial charge in [-0.15, -0.1) is 0 Å². The van der Waals surface area contributed by atoms with Crippen molar-refractivity contribution in [3.8, 4) is 5.75 Å². The molecule has 1 aliphatic carbocycles. The van der Waals surface area contributed by atoms with Gasteiger partial charge in [0, 0.05) is 27.1 Å². The zero-order chi connectivity index (χ0) is 24.2. The molecule has 1 aliphatic rings. The maximum atomic E-state index is 11.8. The maximum Gasteiger partial charge on any atom is 0.310 e. The van der Waals surface area contributed by atoms with Crippen molar-refractivity contribution in [2.45, 2.75) is 53.5 Å².